The average molecular weight is 519 g/mol. The molecule has 3 rings (SSSR count). The Kier molecular flexibility index (Phi) is 7.51. The maximum atomic E-state index is 14.0. The quantitative estimate of drug-likeness (QED) is 0.521. The summed E-state index contributed by atoms with van der Waals surface area (Å²) < 4.78 is 24.1. The van der Waals surface area contributed by atoms with E-state index in [1.54, 1.807) is 37.1 Å². The molecule has 0 radical (unpaired) electrons. The molecule has 2 aliphatic rings. The van der Waals surface area contributed by atoms with Crippen LogP contribution in [0.2, 0.25) is 0 Å². The standard InChI is InChI=1S/C26H39N4O5P/c1-10-35-36(34)19-15-17(29(9)16(2)31)11-12-18(19)27-23(28-36)20-21(32)22(26(6,7)8)30(24(20)33)14-13-25(3,4)5/h11-12,15,22,32H,10,13-14H2,1-9H3,(H,27,28,34)/t22-,36?/m1/s1. The highest BCUT2D eigenvalue weighted by atomic mass is 31.2. The zero-order valence-corrected chi connectivity index (χ0v) is 23.7. The summed E-state index contributed by atoms with van der Waals surface area (Å²) in [6.07, 6.45) is 0.749. The van der Waals surface area contributed by atoms with E-state index in [4.69, 9.17) is 4.52 Å². The summed E-state index contributed by atoms with van der Waals surface area (Å²) in [4.78, 5) is 28.7. The molecule has 36 heavy (non-hydrogen) atoms. The van der Waals surface area contributed by atoms with E-state index in [2.05, 4.69) is 30.9 Å². The third kappa shape index (κ3) is 5.37. The highest BCUT2D eigenvalue weighted by molar-refractivity contribution is 7.66. The lowest BCUT2D eigenvalue weighted by Gasteiger charge is -2.36. The molecular formula is C26H39N4O5P. The van der Waals surface area contributed by atoms with E-state index < -0.39 is 19.0 Å². The van der Waals surface area contributed by atoms with Crippen LogP contribution in [0, 0.1) is 10.8 Å². The summed E-state index contributed by atoms with van der Waals surface area (Å²) in [5.74, 6) is -0.597. The molecule has 9 nitrogen and oxygen atoms in total. The lowest BCUT2D eigenvalue weighted by atomic mass is 9.84. The Bertz CT molecular complexity index is 1180. The minimum absolute atomic E-state index is 0.00393. The van der Waals surface area contributed by atoms with Gasteiger partial charge in [0.2, 0.25) is 5.91 Å². The number of carbonyl (C=O) groups is 2. The van der Waals surface area contributed by atoms with Crippen molar-refractivity contribution >= 4 is 41.8 Å². The van der Waals surface area contributed by atoms with Crippen molar-refractivity contribution < 1.29 is 23.8 Å². The molecule has 0 aliphatic carbocycles. The maximum absolute atomic E-state index is 14.0. The Balaban J connectivity index is 2.11. The van der Waals surface area contributed by atoms with Crippen molar-refractivity contribution in [2.24, 2.45) is 15.6 Å². The van der Waals surface area contributed by atoms with E-state index in [1.807, 2.05) is 20.8 Å². The van der Waals surface area contributed by atoms with Crippen LogP contribution in [0.15, 0.2) is 34.3 Å². The molecule has 1 aromatic rings. The maximum Gasteiger partial charge on any atom is 0.348 e. The molecule has 0 aromatic heterocycles. The first-order chi connectivity index (χ1) is 16.5. The number of rotatable bonds is 6. The van der Waals surface area contributed by atoms with Gasteiger partial charge in [0.15, 0.2) is 5.84 Å². The van der Waals surface area contributed by atoms with Crippen LogP contribution in [-0.2, 0) is 18.7 Å². The van der Waals surface area contributed by atoms with Gasteiger partial charge >= 0.3 is 7.52 Å². The molecule has 2 N–H and O–H groups in total. The monoisotopic (exact) mass is 518 g/mol. The highest BCUT2D eigenvalue weighted by Gasteiger charge is 2.48. The Morgan fingerprint density at radius 2 is 1.89 bits per heavy atom. The second kappa shape index (κ2) is 9.67. The SMILES string of the molecule is CCOP1(=O)N=C(C2=C(O)[C@H](C(C)(C)C)N(CCC(C)(C)C)C2=O)Nc2ccc(N(C)C(C)=O)cc21. The minimum atomic E-state index is -3.81. The van der Waals surface area contributed by atoms with Gasteiger partial charge in [-0.3, -0.25) is 14.2 Å². The van der Waals surface area contributed by atoms with E-state index in [1.165, 1.54) is 11.8 Å². The van der Waals surface area contributed by atoms with E-state index in [9.17, 15) is 19.3 Å². The summed E-state index contributed by atoms with van der Waals surface area (Å²) in [7, 11) is -2.19. The number of amides is 2. The molecule has 0 spiro atoms. The van der Waals surface area contributed by atoms with Crippen LogP contribution in [0.4, 0.5) is 11.4 Å². The van der Waals surface area contributed by atoms with Crippen molar-refractivity contribution in [1.29, 1.82) is 0 Å². The third-order valence-electron chi connectivity index (χ3n) is 6.40. The van der Waals surface area contributed by atoms with Crippen LogP contribution >= 0.6 is 7.52 Å². The summed E-state index contributed by atoms with van der Waals surface area (Å²) in [5.41, 5.74) is 0.561. The van der Waals surface area contributed by atoms with Gasteiger partial charge in [-0.05, 0) is 42.4 Å². The number of amidine groups is 1. The molecule has 2 amide bonds. The van der Waals surface area contributed by atoms with Crippen LogP contribution in [0.25, 0.3) is 0 Å². The van der Waals surface area contributed by atoms with Crippen molar-refractivity contribution in [3.63, 3.8) is 0 Å². The van der Waals surface area contributed by atoms with Crippen LogP contribution < -0.4 is 15.5 Å². The van der Waals surface area contributed by atoms with Crippen molar-refractivity contribution in [3.8, 4) is 0 Å². The molecule has 10 heteroatoms. The van der Waals surface area contributed by atoms with E-state index in [-0.39, 0.29) is 41.0 Å². The molecule has 198 valence electrons. The fraction of sp³-hybridized carbons (Fsp3) is 0.577. The number of benzene rings is 1. The number of nitrogens with zero attached hydrogens (tertiary/aromatic N) is 3. The third-order valence-corrected chi connectivity index (χ3v) is 8.45. The molecule has 1 aromatic carbocycles. The minimum Gasteiger partial charge on any atom is -0.509 e. The van der Waals surface area contributed by atoms with Gasteiger partial charge in [-0.2, -0.15) is 4.76 Å². The van der Waals surface area contributed by atoms with E-state index >= 15 is 0 Å². The van der Waals surface area contributed by atoms with Crippen molar-refractivity contribution in [1.82, 2.24) is 4.90 Å². The summed E-state index contributed by atoms with van der Waals surface area (Å²) >= 11 is 0. The molecule has 2 aliphatic heterocycles. The smallest absolute Gasteiger partial charge is 0.348 e. The number of aliphatic hydroxyl groups excluding tert-OH is 1. The van der Waals surface area contributed by atoms with Crippen molar-refractivity contribution in [3.05, 3.63) is 29.5 Å². The van der Waals surface area contributed by atoms with Crippen LogP contribution in [0.1, 0.15) is 61.8 Å². The number of aliphatic hydroxyl groups is 1. The molecule has 0 bridgehead atoms. The van der Waals surface area contributed by atoms with Gasteiger partial charge in [0.05, 0.1) is 23.6 Å². The van der Waals surface area contributed by atoms with Gasteiger partial charge in [0.1, 0.15) is 11.3 Å². The first-order valence-electron chi connectivity index (χ1n) is 12.3. The van der Waals surface area contributed by atoms with E-state index in [0.29, 0.717) is 23.2 Å². The first kappa shape index (κ1) is 27.9. The fourth-order valence-electron chi connectivity index (χ4n) is 4.42. The Labute approximate surface area is 214 Å². The lowest BCUT2D eigenvalue weighted by Crippen LogP contribution is -2.45. The molecular weight excluding hydrogens is 479 g/mol. The molecule has 0 saturated carbocycles. The Hall–Kier alpha value is -2.64. The second-order valence-corrected chi connectivity index (χ2v) is 13.6. The number of hydrogen-bond donors (Lipinski definition) is 2. The first-order valence-corrected chi connectivity index (χ1v) is 13.8. The Morgan fingerprint density at radius 1 is 1.25 bits per heavy atom. The number of nitrogens with one attached hydrogen (secondary N) is 1. The predicted octanol–water partition coefficient (Wildman–Crippen LogP) is 4.85. The lowest BCUT2D eigenvalue weighted by molar-refractivity contribution is -0.128. The number of carbonyl (C=O) groups excluding carboxylic acids is 2. The van der Waals surface area contributed by atoms with Crippen LogP contribution in [0.5, 0.6) is 0 Å². The normalized spacial score (nSPS) is 22.4. The predicted molar refractivity (Wildman–Crippen MR) is 144 cm³/mol. The summed E-state index contributed by atoms with van der Waals surface area (Å²) in [5, 5.41) is 14.8. The largest absolute Gasteiger partial charge is 0.509 e. The van der Waals surface area contributed by atoms with Gasteiger partial charge in [-0.15, -0.1) is 0 Å². The summed E-state index contributed by atoms with van der Waals surface area (Å²) in [6, 6.07) is 4.45. The second-order valence-electron chi connectivity index (χ2n) is 11.6. The zero-order valence-electron chi connectivity index (χ0n) is 22.8. The van der Waals surface area contributed by atoms with Gasteiger partial charge < -0.3 is 24.7 Å². The van der Waals surface area contributed by atoms with Gasteiger partial charge in [-0.25, -0.2) is 0 Å². The number of fused-ring (bicyclic) bond motifs is 1. The molecule has 0 fully saturated rings. The van der Waals surface area contributed by atoms with Gasteiger partial charge in [0.25, 0.3) is 5.91 Å². The Morgan fingerprint density at radius 3 is 2.42 bits per heavy atom. The topological polar surface area (TPSA) is 112 Å². The summed E-state index contributed by atoms with van der Waals surface area (Å²) in [6.45, 7) is 16.0. The zero-order chi connectivity index (χ0) is 27.2. The van der Waals surface area contributed by atoms with Crippen LogP contribution in [-0.4, -0.2) is 53.9 Å². The van der Waals surface area contributed by atoms with Gasteiger partial charge in [-0.1, -0.05) is 41.5 Å². The van der Waals surface area contributed by atoms with E-state index in [0.717, 1.165) is 6.42 Å². The fourth-order valence-corrected chi connectivity index (χ4v) is 6.21. The van der Waals surface area contributed by atoms with Gasteiger partial charge in [0, 0.05) is 26.2 Å². The number of hydrogen-bond acceptors (Lipinski definition) is 6. The van der Waals surface area contributed by atoms with Crippen LogP contribution in [0.3, 0.4) is 0 Å². The van der Waals surface area contributed by atoms with Crippen molar-refractivity contribution in [2.75, 3.05) is 30.4 Å². The molecule has 1 unspecified atom stereocenters. The highest BCUT2D eigenvalue weighted by Crippen LogP contribution is 2.53. The number of anilines is 2. The molecule has 2 heterocycles. The average Bonchev–Trinajstić information content (AvgIpc) is 3.00. The molecule has 2 atom stereocenters. The van der Waals surface area contributed by atoms with Crippen molar-refractivity contribution in [2.45, 2.75) is 67.9 Å². The molecule has 0 saturated heterocycles.